The number of aryl methyl sites for hydroxylation is 2. The Labute approximate surface area is 121 Å². The minimum atomic E-state index is 0.479. The molecule has 1 aromatic heterocycles. The molecule has 0 radical (unpaired) electrons. The number of rotatable bonds is 3. The van der Waals surface area contributed by atoms with E-state index in [2.05, 4.69) is 58.3 Å². The van der Waals surface area contributed by atoms with Crippen LogP contribution < -0.4 is 5.32 Å². The quantitative estimate of drug-likeness (QED) is 0.825. The summed E-state index contributed by atoms with van der Waals surface area (Å²) in [6, 6.07) is 8.46. The molecule has 0 fully saturated rings. The molecular weight excluding hydrogens is 312 g/mol. The van der Waals surface area contributed by atoms with Gasteiger partial charge in [-0.3, -0.25) is 0 Å². The lowest BCUT2D eigenvalue weighted by Crippen LogP contribution is -2.00. The predicted molar refractivity (Wildman–Crippen MR) is 80.2 cm³/mol. The maximum Gasteiger partial charge on any atom is 0.143 e. The van der Waals surface area contributed by atoms with Gasteiger partial charge in [0.1, 0.15) is 5.15 Å². The smallest absolute Gasteiger partial charge is 0.143 e. The van der Waals surface area contributed by atoms with Crippen molar-refractivity contribution in [2.24, 2.45) is 0 Å². The van der Waals surface area contributed by atoms with Crippen LogP contribution in [0.5, 0.6) is 0 Å². The lowest BCUT2D eigenvalue weighted by Gasteiger charge is -2.09. The van der Waals surface area contributed by atoms with E-state index in [0.29, 0.717) is 5.15 Å². The van der Waals surface area contributed by atoms with E-state index in [-0.39, 0.29) is 0 Å². The number of hydrogen-bond acceptors (Lipinski definition) is 2. The summed E-state index contributed by atoms with van der Waals surface area (Å²) in [4.78, 5) is 4.08. The van der Waals surface area contributed by atoms with Crippen LogP contribution in [0.2, 0.25) is 5.15 Å². The molecule has 1 heterocycles. The van der Waals surface area contributed by atoms with Crippen LogP contribution in [0.25, 0.3) is 0 Å². The molecule has 2 nitrogen and oxygen atoms in total. The maximum absolute atomic E-state index is 5.85. The summed E-state index contributed by atoms with van der Waals surface area (Å²) in [7, 11) is 0. The zero-order valence-electron chi connectivity index (χ0n) is 10.3. The van der Waals surface area contributed by atoms with E-state index >= 15 is 0 Å². The molecule has 1 aromatic carbocycles. The Kier molecular flexibility index (Phi) is 4.25. The lowest BCUT2D eigenvalue weighted by molar-refractivity contribution is 1.12. The van der Waals surface area contributed by atoms with Gasteiger partial charge < -0.3 is 5.32 Å². The summed E-state index contributed by atoms with van der Waals surface area (Å²) < 4.78 is 0.801. The van der Waals surface area contributed by atoms with Crippen LogP contribution in [0, 0.1) is 13.8 Å². The third-order valence-corrected chi connectivity index (χ3v) is 3.71. The van der Waals surface area contributed by atoms with Crippen LogP contribution in [0.15, 0.2) is 34.9 Å². The van der Waals surface area contributed by atoms with Crippen LogP contribution >= 0.6 is 27.5 Å². The third-order valence-electron chi connectivity index (χ3n) is 2.57. The molecule has 0 spiro atoms. The fourth-order valence-electron chi connectivity index (χ4n) is 1.89. The zero-order valence-corrected chi connectivity index (χ0v) is 12.6. The molecule has 0 saturated carbocycles. The van der Waals surface area contributed by atoms with Crippen molar-refractivity contribution in [2.45, 2.75) is 20.4 Å². The van der Waals surface area contributed by atoms with Gasteiger partial charge in [0.2, 0.25) is 0 Å². The largest absolute Gasteiger partial charge is 0.380 e. The molecule has 2 aromatic rings. The van der Waals surface area contributed by atoms with Crippen molar-refractivity contribution < 1.29 is 0 Å². The number of hydrogen-bond donors (Lipinski definition) is 1. The Bertz CT molecular complexity index is 549. The van der Waals surface area contributed by atoms with Crippen molar-refractivity contribution in [1.29, 1.82) is 0 Å². The van der Waals surface area contributed by atoms with Crippen LogP contribution in [0.4, 0.5) is 5.69 Å². The van der Waals surface area contributed by atoms with Gasteiger partial charge in [0.25, 0.3) is 0 Å². The van der Waals surface area contributed by atoms with Crippen LogP contribution in [0.1, 0.15) is 16.7 Å². The number of aromatic nitrogens is 1. The van der Waals surface area contributed by atoms with Gasteiger partial charge in [-0.05, 0) is 41.4 Å². The summed E-state index contributed by atoms with van der Waals surface area (Å²) in [5.74, 6) is 0. The van der Waals surface area contributed by atoms with Gasteiger partial charge >= 0.3 is 0 Å². The van der Waals surface area contributed by atoms with E-state index in [4.69, 9.17) is 11.6 Å². The highest BCUT2D eigenvalue weighted by Crippen LogP contribution is 2.23. The second kappa shape index (κ2) is 5.72. The fourth-order valence-corrected chi connectivity index (χ4v) is 2.35. The first-order chi connectivity index (χ1) is 8.54. The highest BCUT2D eigenvalue weighted by molar-refractivity contribution is 9.10. The molecule has 2 rings (SSSR count). The molecule has 0 atom stereocenters. The SMILES string of the molecule is Cc1cc(C)cc(CNc2cnc(Cl)c(Br)c2)c1. The molecule has 0 saturated heterocycles. The molecule has 0 aliphatic rings. The molecule has 4 heteroatoms. The third kappa shape index (κ3) is 3.47. The van der Waals surface area contributed by atoms with Crippen molar-refractivity contribution >= 4 is 33.2 Å². The van der Waals surface area contributed by atoms with Crippen LogP contribution in [-0.4, -0.2) is 4.98 Å². The van der Waals surface area contributed by atoms with Crippen LogP contribution in [0.3, 0.4) is 0 Å². The van der Waals surface area contributed by atoms with Gasteiger partial charge in [0, 0.05) is 6.54 Å². The molecular formula is C14H14BrClN2. The molecule has 18 heavy (non-hydrogen) atoms. The van der Waals surface area contributed by atoms with E-state index in [9.17, 15) is 0 Å². The van der Waals surface area contributed by atoms with Crippen molar-refractivity contribution in [1.82, 2.24) is 4.98 Å². The average molecular weight is 326 g/mol. The number of benzene rings is 1. The van der Waals surface area contributed by atoms with E-state index in [1.807, 2.05) is 6.07 Å². The summed E-state index contributed by atoms with van der Waals surface area (Å²) in [5.41, 5.74) is 4.77. The van der Waals surface area contributed by atoms with Crippen molar-refractivity contribution in [3.8, 4) is 0 Å². The highest BCUT2D eigenvalue weighted by atomic mass is 79.9. The first-order valence-corrected chi connectivity index (χ1v) is 6.84. The van der Waals surface area contributed by atoms with Crippen molar-refractivity contribution in [3.05, 3.63) is 56.8 Å². The van der Waals surface area contributed by atoms with Gasteiger partial charge in [-0.15, -0.1) is 0 Å². The Morgan fingerprint density at radius 2 is 1.83 bits per heavy atom. The molecule has 0 bridgehead atoms. The van der Waals surface area contributed by atoms with Gasteiger partial charge in [-0.1, -0.05) is 40.9 Å². The zero-order chi connectivity index (χ0) is 13.1. The fraction of sp³-hybridized carbons (Fsp3) is 0.214. The molecule has 1 N–H and O–H groups in total. The number of pyridine rings is 1. The van der Waals surface area contributed by atoms with E-state index in [0.717, 1.165) is 16.7 Å². The Morgan fingerprint density at radius 1 is 1.17 bits per heavy atom. The molecule has 0 amide bonds. The van der Waals surface area contributed by atoms with Gasteiger partial charge in [0.15, 0.2) is 0 Å². The number of nitrogens with zero attached hydrogens (tertiary/aromatic N) is 1. The Morgan fingerprint density at radius 3 is 2.44 bits per heavy atom. The van der Waals surface area contributed by atoms with Crippen molar-refractivity contribution in [3.63, 3.8) is 0 Å². The number of anilines is 1. The summed E-state index contributed by atoms with van der Waals surface area (Å²) in [5, 5.41) is 3.81. The lowest BCUT2D eigenvalue weighted by atomic mass is 10.1. The first kappa shape index (κ1) is 13.4. The van der Waals surface area contributed by atoms with Gasteiger partial charge in [-0.2, -0.15) is 0 Å². The number of halogens is 2. The normalized spacial score (nSPS) is 10.4. The second-order valence-electron chi connectivity index (χ2n) is 4.35. The van der Waals surface area contributed by atoms with Crippen molar-refractivity contribution in [2.75, 3.05) is 5.32 Å². The standard InChI is InChI=1S/C14H14BrClN2/c1-9-3-10(2)5-11(4-9)7-17-12-6-13(15)14(16)18-8-12/h3-6,8,17H,7H2,1-2H3. The monoisotopic (exact) mass is 324 g/mol. The predicted octanol–water partition coefficient (Wildman–Crippen LogP) is 4.73. The Balaban J connectivity index is 2.08. The molecule has 0 unspecified atom stereocenters. The molecule has 0 aliphatic heterocycles. The first-order valence-electron chi connectivity index (χ1n) is 5.66. The molecule has 0 aliphatic carbocycles. The summed E-state index contributed by atoms with van der Waals surface area (Å²) >= 11 is 9.21. The highest BCUT2D eigenvalue weighted by Gasteiger charge is 2.01. The topological polar surface area (TPSA) is 24.9 Å². The molecule has 94 valence electrons. The average Bonchev–Trinajstić information content (AvgIpc) is 2.29. The maximum atomic E-state index is 5.85. The summed E-state index contributed by atoms with van der Waals surface area (Å²) in [6.07, 6.45) is 1.73. The Hall–Kier alpha value is -1.06. The second-order valence-corrected chi connectivity index (χ2v) is 5.56. The minimum absolute atomic E-state index is 0.479. The van der Waals surface area contributed by atoms with E-state index in [1.165, 1.54) is 16.7 Å². The summed E-state index contributed by atoms with van der Waals surface area (Å²) in [6.45, 7) is 4.99. The van der Waals surface area contributed by atoms with E-state index < -0.39 is 0 Å². The van der Waals surface area contributed by atoms with Gasteiger partial charge in [-0.25, -0.2) is 4.98 Å². The number of nitrogens with one attached hydrogen (secondary N) is 1. The minimum Gasteiger partial charge on any atom is -0.380 e. The van der Waals surface area contributed by atoms with Crippen LogP contribution in [-0.2, 0) is 6.54 Å². The van der Waals surface area contributed by atoms with E-state index in [1.54, 1.807) is 6.20 Å². The van der Waals surface area contributed by atoms with Gasteiger partial charge in [0.05, 0.1) is 16.4 Å².